The zero-order valence-corrected chi connectivity index (χ0v) is 13.9. The van der Waals surface area contributed by atoms with Crippen LogP contribution >= 0.6 is 0 Å². The van der Waals surface area contributed by atoms with Crippen LogP contribution in [-0.2, 0) is 11.2 Å². The summed E-state index contributed by atoms with van der Waals surface area (Å²) in [6, 6.07) is 12.3. The molecule has 1 amide bonds. The summed E-state index contributed by atoms with van der Waals surface area (Å²) in [5.41, 5.74) is 2.68. The van der Waals surface area contributed by atoms with Crippen molar-refractivity contribution in [3.05, 3.63) is 58.1 Å². The van der Waals surface area contributed by atoms with Crippen molar-refractivity contribution in [2.45, 2.75) is 12.8 Å². The van der Waals surface area contributed by atoms with Gasteiger partial charge < -0.3 is 15.0 Å². The maximum absolute atomic E-state index is 12.3. The van der Waals surface area contributed by atoms with Crippen LogP contribution < -0.4 is 15.0 Å². The van der Waals surface area contributed by atoms with Gasteiger partial charge in [-0.15, -0.1) is 0 Å². The molecule has 1 N–H and O–H groups in total. The van der Waals surface area contributed by atoms with Gasteiger partial charge in [0.2, 0.25) is 5.91 Å². The molecule has 0 aromatic heterocycles. The highest BCUT2D eigenvalue weighted by Crippen LogP contribution is 2.30. The largest absolute Gasteiger partial charge is 0.495 e. The van der Waals surface area contributed by atoms with Crippen molar-refractivity contribution in [2.75, 3.05) is 30.4 Å². The average molecular weight is 341 g/mol. The van der Waals surface area contributed by atoms with E-state index in [0.717, 1.165) is 13.0 Å². The first-order chi connectivity index (χ1) is 12.1. The lowest BCUT2D eigenvalue weighted by Crippen LogP contribution is -2.26. The molecule has 0 radical (unpaired) electrons. The molecule has 0 bridgehead atoms. The summed E-state index contributed by atoms with van der Waals surface area (Å²) in [5.74, 6) is 0.189. The number of hydrogen-bond acceptors (Lipinski definition) is 5. The maximum Gasteiger partial charge on any atom is 0.271 e. The number of benzene rings is 2. The van der Waals surface area contributed by atoms with Crippen LogP contribution in [-0.4, -0.2) is 31.0 Å². The van der Waals surface area contributed by atoms with Gasteiger partial charge in [-0.25, -0.2) is 0 Å². The number of anilines is 2. The van der Waals surface area contributed by atoms with Crippen molar-refractivity contribution in [3.63, 3.8) is 0 Å². The number of amides is 1. The number of carbonyl (C=O) groups excluding carboxylic acids is 1. The molecule has 3 rings (SSSR count). The molecule has 0 fully saturated rings. The minimum Gasteiger partial charge on any atom is -0.495 e. The second-order valence-corrected chi connectivity index (χ2v) is 5.81. The fourth-order valence-electron chi connectivity index (χ4n) is 3.00. The summed E-state index contributed by atoms with van der Waals surface area (Å²) < 4.78 is 5.16. The Balaban J connectivity index is 1.63. The Morgan fingerprint density at radius 1 is 1.32 bits per heavy atom. The van der Waals surface area contributed by atoms with Crippen molar-refractivity contribution in [2.24, 2.45) is 0 Å². The van der Waals surface area contributed by atoms with Crippen molar-refractivity contribution in [3.8, 4) is 5.75 Å². The summed E-state index contributed by atoms with van der Waals surface area (Å²) in [6.45, 7) is 1.49. The number of nitro groups is 1. The number of nitrogens with zero attached hydrogens (tertiary/aromatic N) is 2. The Labute approximate surface area is 145 Å². The molecule has 2 aromatic carbocycles. The normalized spacial score (nSPS) is 12.6. The van der Waals surface area contributed by atoms with Crippen LogP contribution in [0, 0.1) is 10.1 Å². The van der Waals surface area contributed by atoms with Gasteiger partial charge in [0.1, 0.15) is 5.75 Å². The molecule has 7 nitrogen and oxygen atoms in total. The number of para-hydroxylation sites is 1. The highest BCUT2D eigenvalue weighted by molar-refractivity contribution is 5.93. The van der Waals surface area contributed by atoms with Crippen LogP contribution in [0.4, 0.5) is 17.1 Å². The smallest absolute Gasteiger partial charge is 0.271 e. The van der Waals surface area contributed by atoms with Gasteiger partial charge in [0.05, 0.1) is 17.7 Å². The molecule has 1 aliphatic heterocycles. The van der Waals surface area contributed by atoms with E-state index in [1.54, 1.807) is 0 Å². The summed E-state index contributed by atoms with van der Waals surface area (Å²) in [5, 5.41) is 13.6. The number of non-ortho nitro benzene ring substituents is 1. The Morgan fingerprint density at radius 3 is 2.88 bits per heavy atom. The van der Waals surface area contributed by atoms with Crippen molar-refractivity contribution < 1.29 is 14.5 Å². The molecule has 7 heteroatoms. The highest BCUT2D eigenvalue weighted by atomic mass is 16.6. The first-order valence-corrected chi connectivity index (χ1v) is 8.03. The minimum absolute atomic E-state index is 0.0930. The molecule has 0 saturated carbocycles. The third-order valence-corrected chi connectivity index (χ3v) is 4.26. The Kier molecular flexibility index (Phi) is 4.83. The number of hydrogen-bond donors (Lipinski definition) is 1. The fourth-order valence-corrected chi connectivity index (χ4v) is 3.00. The quantitative estimate of drug-likeness (QED) is 0.645. The first kappa shape index (κ1) is 16.8. The van der Waals surface area contributed by atoms with E-state index in [0.29, 0.717) is 24.4 Å². The van der Waals surface area contributed by atoms with Crippen LogP contribution in [0.2, 0.25) is 0 Å². The number of methoxy groups -OCH3 is 1. The highest BCUT2D eigenvalue weighted by Gasteiger charge is 2.19. The number of nitro benzene ring substituents is 1. The van der Waals surface area contributed by atoms with Gasteiger partial charge in [0, 0.05) is 37.3 Å². The molecule has 2 aromatic rings. The van der Waals surface area contributed by atoms with Gasteiger partial charge in [-0.05, 0) is 24.1 Å². The van der Waals surface area contributed by atoms with E-state index in [2.05, 4.69) is 22.3 Å². The molecule has 0 saturated heterocycles. The second kappa shape index (κ2) is 7.21. The van der Waals surface area contributed by atoms with Crippen LogP contribution in [0.3, 0.4) is 0 Å². The van der Waals surface area contributed by atoms with Crippen LogP contribution in [0.15, 0.2) is 42.5 Å². The number of nitrogens with one attached hydrogen (secondary N) is 1. The Bertz CT molecular complexity index is 807. The van der Waals surface area contributed by atoms with Gasteiger partial charge in [-0.2, -0.15) is 0 Å². The number of rotatable bonds is 6. The SMILES string of the molecule is COc1ccc([N+](=O)[O-])cc1NC(=O)CCN1CCc2ccccc21. The van der Waals surface area contributed by atoms with E-state index in [4.69, 9.17) is 4.74 Å². The molecule has 1 aliphatic rings. The standard InChI is InChI=1S/C18H19N3O4/c1-25-17-7-6-14(21(23)24)12-15(17)19-18(22)9-11-20-10-8-13-4-2-3-5-16(13)20/h2-7,12H,8-11H2,1H3,(H,19,22). The second-order valence-electron chi connectivity index (χ2n) is 5.81. The van der Waals surface area contributed by atoms with E-state index >= 15 is 0 Å². The molecule has 0 aliphatic carbocycles. The summed E-state index contributed by atoms with van der Waals surface area (Å²) in [4.78, 5) is 24.8. The molecule has 0 unspecified atom stereocenters. The molecule has 1 heterocycles. The van der Waals surface area contributed by atoms with Crippen LogP contribution in [0.1, 0.15) is 12.0 Å². The lowest BCUT2D eigenvalue weighted by Gasteiger charge is -2.19. The maximum atomic E-state index is 12.3. The predicted octanol–water partition coefficient (Wildman–Crippen LogP) is 2.99. The molecule has 0 atom stereocenters. The van der Waals surface area contributed by atoms with E-state index in [1.807, 2.05) is 12.1 Å². The van der Waals surface area contributed by atoms with Gasteiger partial charge in [0.15, 0.2) is 0 Å². The van der Waals surface area contributed by atoms with Crippen LogP contribution in [0.25, 0.3) is 0 Å². The third kappa shape index (κ3) is 3.71. The summed E-state index contributed by atoms with van der Waals surface area (Å²) >= 11 is 0. The summed E-state index contributed by atoms with van der Waals surface area (Å²) in [7, 11) is 1.46. The topological polar surface area (TPSA) is 84.7 Å². The van der Waals surface area contributed by atoms with E-state index < -0.39 is 4.92 Å². The fraction of sp³-hybridized carbons (Fsp3) is 0.278. The lowest BCUT2D eigenvalue weighted by molar-refractivity contribution is -0.384. The van der Waals surface area contributed by atoms with E-state index in [9.17, 15) is 14.9 Å². The van der Waals surface area contributed by atoms with E-state index in [-0.39, 0.29) is 11.6 Å². The Morgan fingerprint density at radius 2 is 2.12 bits per heavy atom. The molecular weight excluding hydrogens is 322 g/mol. The van der Waals surface area contributed by atoms with Gasteiger partial charge in [-0.1, -0.05) is 18.2 Å². The first-order valence-electron chi connectivity index (χ1n) is 8.03. The number of carbonyl (C=O) groups is 1. The Hall–Kier alpha value is -3.09. The van der Waals surface area contributed by atoms with Gasteiger partial charge >= 0.3 is 0 Å². The monoisotopic (exact) mass is 341 g/mol. The zero-order valence-electron chi connectivity index (χ0n) is 13.9. The summed E-state index contributed by atoms with van der Waals surface area (Å²) in [6.07, 6.45) is 1.27. The minimum atomic E-state index is -0.504. The lowest BCUT2D eigenvalue weighted by atomic mass is 10.2. The molecular formula is C18H19N3O4. The van der Waals surface area contributed by atoms with Crippen LogP contribution in [0.5, 0.6) is 5.75 Å². The number of ether oxygens (including phenoxy) is 1. The molecule has 130 valence electrons. The molecule has 25 heavy (non-hydrogen) atoms. The predicted molar refractivity (Wildman–Crippen MR) is 95.3 cm³/mol. The number of fused-ring (bicyclic) bond motifs is 1. The third-order valence-electron chi connectivity index (χ3n) is 4.26. The zero-order chi connectivity index (χ0) is 17.8. The van der Waals surface area contributed by atoms with Crippen molar-refractivity contribution >= 4 is 23.0 Å². The van der Waals surface area contributed by atoms with Crippen molar-refractivity contribution in [1.29, 1.82) is 0 Å². The van der Waals surface area contributed by atoms with Crippen molar-refractivity contribution in [1.82, 2.24) is 0 Å². The van der Waals surface area contributed by atoms with Gasteiger partial charge in [-0.3, -0.25) is 14.9 Å². The molecule has 0 spiro atoms. The van der Waals surface area contributed by atoms with E-state index in [1.165, 1.54) is 36.6 Å². The average Bonchev–Trinajstić information content (AvgIpc) is 3.03. The van der Waals surface area contributed by atoms with Gasteiger partial charge in [0.25, 0.3) is 5.69 Å².